The van der Waals surface area contributed by atoms with E-state index in [1.54, 1.807) is 36.4 Å². The Labute approximate surface area is 156 Å². The third-order valence-corrected chi connectivity index (χ3v) is 4.28. The molecule has 1 amide bonds. The van der Waals surface area contributed by atoms with Crippen LogP contribution in [0.3, 0.4) is 0 Å². The van der Waals surface area contributed by atoms with E-state index in [0.717, 1.165) is 6.26 Å². The van der Waals surface area contributed by atoms with Gasteiger partial charge in [-0.05, 0) is 24.3 Å². The Morgan fingerprint density at radius 1 is 1.22 bits per heavy atom. The van der Waals surface area contributed by atoms with Gasteiger partial charge in [0, 0.05) is 30.2 Å². The van der Waals surface area contributed by atoms with E-state index in [0.29, 0.717) is 17.0 Å². The van der Waals surface area contributed by atoms with Gasteiger partial charge >= 0.3 is 0 Å². The van der Waals surface area contributed by atoms with E-state index < -0.39 is 20.7 Å². The molecule has 0 fully saturated rings. The standard InChI is InChI=1S/C18H18N2O6S/c1-27(24,25)12-11-26-16-7-4-6-15(13-16)19-18(21)10-9-14-5-2-3-8-17(14)20(22)23/h2-10,13H,11-12H2,1H3,(H,19,21)/b10-9+. The molecule has 27 heavy (non-hydrogen) atoms. The molecule has 0 aliphatic heterocycles. The van der Waals surface area contributed by atoms with E-state index in [9.17, 15) is 23.3 Å². The maximum Gasteiger partial charge on any atom is 0.276 e. The lowest BCUT2D eigenvalue weighted by Crippen LogP contribution is -2.12. The van der Waals surface area contributed by atoms with E-state index in [1.807, 2.05) is 0 Å². The summed E-state index contributed by atoms with van der Waals surface area (Å²) in [6, 6.07) is 12.6. The van der Waals surface area contributed by atoms with Crippen molar-refractivity contribution in [3.63, 3.8) is 0 Å². The minimum absolute atomic E-state index is 0.00775. The van der Waals surface area contributed by atoms with Gasteiger partial charge in [0.1, 0.15) is 12.4 Å². The molecule has 0 atom stereocenters. The summed E-state index contributed by atoms with van der Waals surface area (Å²) in [5, 5.41) is 13.6. The van der Waals surface area contributed by atoms with Crippen LogP contribution in [0.1, 0.15) is 5.56 Å². The maximum atomic E-state index is 12.0. The van der Waals surface area contributed by atoms with Crippen molar-refractivity contribution < 1.29 is 22.9 Å². The topological polar surface area (TPSA) is 116 Å². The van der Waals surface area contributed by atoms with Crippen LogP contribution in [0.15, 0.2) is 54.6 Å². The van der Waals surface area contributed by atoms with Gasteiger partial charge in [-0.15, -0.1) is 0 Å². The second-order valence-electron chi connectivity index (χ2n) is 5.64. The van der Waals surface area contributed by atoms with Crippen LogP contribution in [0, 0.1) is 10.1 Å². The lowest BCUT2D eigenvalue weighted by Gasteiger charge is -2.08. The van der Waals surface area contributed by atoms with Crippen molar-refractivity contribution in [1.82, 2.24) is 0 Å². The zero-order chi connectivity index (χ0) is 19.9. The fraction of sp³-hybridized carbons (Fsp3) is 0.167. The Hall–Kier alpha value is -3.20. The zero-order valence-corrected chi connectivity index (χ0v) is 15.3. The van der Waals surface area contributed by atoms with Gasteiger partial charge in [-0.1, -0.05) is 18.2 Å². The first-order chi connectivity index (χ1) is 12.7. The lowest BCUT2D eigenvalue weighted by atomic mass is 10.1. The normalized spacial score (nSPS) is 11.3. The third kappa shape index (κ3) is 6.90. The number of hydrogen-bond acceptors (Lipinski definition) is 6. The van der Waals surface area contributed by atoms with Gasteiger partial charge in [-0.3, -0.25) is 14.9 Å². The number of carbonyl (C=O) groups is 1. The van der Waals surface area contributed by atoms with Gasteiger partial charge in [0.2, 0.25) is 5.91 Å². The molecule has 9 heteroatoms. The molecule has 0 radical (unpaired) electrons. The second kappa shape index (κ2) is 8.95. The number of nitrogens with zero attached hydrogens (tertiary/aromatic N) is 1. The van der Waals surface area contributed by atoms with Crippen LogP contribution in [-0.2, 0) is 14.6 Å². The van der Waals surface area contributed by atoms with Crippen LogP contribution < -0.4 is 10.1 Å². The average Bonchev–Trinajstić information content (AvgIpc) is 2.59. The number of para-hydroxylation sites is 1. The molecule has 0 unspecified atom stereocenters. The quantitative estimate of drug-likeness (QED) is 0.421. The first-order valence-electron chi connectivity index (χ1n) is 7.88. The average molecular weight is 390 g/mol. The third-order valence-electron chi connectivity index (χ3n) is 3.37. The Bertz CT molecular complexity index is 969. The van der Waals surface area contributed by atoms with Gasteiger partial charge in [-0.25, -0.2) is 8.42 Å². The number of amides is 1. The lowest BCUT2D eigenvalue weighted by molar-refractivity contribution is -0.385. The van der Waals surface area contributed by atoms with Gasteiger partial charge in [0.25, 0.3) is 5.69 Å². The van der Waals surface area contributed by atoms with Crippen molar-refractivity contribution >= 4 is 33.2 Å². The number of nitro groups is 1. The first kappa shape index (κ1) is 20.1. The first-order valence-corrected chi connectivity index (χ1v) is 9.94. The predicted octanol–water partition coefficient (Wildman–Crippen LogP) is 2.67. The molecule has 1 N–H and O–H groups in total. The van der Waals surface area contributed by atoms with E-state index in [4.69, 9.17) is 4.74 Å². The highest BCUT2D eigenvalue weighted by atomic mass is 32.2. The summed E-state index contributed by atoms with van der Waals surface area (Å²) in [5.41, 5.74) is 0.669. The molecular formula is C18H18N2O6S. The fourth-order valence-corrected chi connectivity index (χ4v) is 2.50. The predicted molar refractivity (Wildman–Crippen MR) is 102 cm³/mol. The van der Waals surface area contributed by atoms with E-state index >= 15 is 0 Å². The van der Waals surface area contributed by atoms with Gasteiger partial charge in [0.05, 0.1) is 16.2 Å². The molecule has 0 saturated heterocycles. The van der Waals surface area contributed by atoms with E-state index in [-0.39, 0.29) is 18.0 Å². The SMILES string of the molecule is CS(=O)(=O)CCOc1cccc(NC(=O)/C=C/c2ccccc2[N+](=O)[O-])c1. The van der Waals surface area contributed by atoms with E-state index in [2.05, 4.69) is 5.32 Å². The summed E-state index contributed by atoms with van der Waals surface area (Å²) in [7, 11) is -3.12. The highest BCUT2D eigenvalue weighted by Crippen LogP contribution is 2.20. The number of nitrogens with one attached hydrogen (secondary N) is 1. The second-order valence-corrected chi connectivity index (χ2v) is 7.90. The van der Waals surface area contributed by atoms with Crippen molar-refractivity contribution in [3.8, 4) is 5.75 Å². The number of carbonyl (C=O) groups excluding carboxylic acids is 1. The Morgan fingerprint density at radius 3 is 2.67 bits per heavy atom. The Balaban J connectivity index is 2.00. The van der Waals surface area contributed by atoms with Crippen LogP contribution in [0.25, 0.3) is 6.08 Å². The zero-order valence-electron chi connectivity index (χ0n) is 14.5. The van der Waals surface area contributed by atoms with Crippen molar-refractivity contribution in [2.75, 3.05) is 23.9 Å². The molecule has 2 rings (SSSR count). The molecule has 8 nitrogen and oxygen atoms in total. The molecule has 142 valence electrons. The molecule has 0 bridgehead atoms. The van der Waals surface area contributed by atoms with Crippen LogP contribution in [-0.4, -0.2) is 37.9 Å². The Kier molecular flexibility index (Phi) is 6.67. The van der Waals surface area contributed by atoms with Crippen molar-refractivity contribution in [2.24, 2.45) is 0 Å². The van der Waals surface area contributed by atoms with Gasteiger partial charge < -0.3 is 10.1 Å². The summed E-state index contributed by atoms with van der Waals surface area (Å²) >= 11 is 0. The van der Waals surface area contributed by atoms with Crippen LogP contribution in [0.2, 0.25) is 0 Å². The molecule has 0 saturated carbocycles. The Morgan fingerprint density at radius 2 is 1.96 bits per heavy atom. The summed E-state index contributed by atoms with van der Waals surface area (Å²) < 4.78 is 27.6. The molecule has 0 aliphatic rings. The van der Waals surface area contributed by atoms with Gasteiger partial charge in [0.15, 0.2) is 9.84 Å². The largest absolute Gasteiger partial charge is 0.492 e. The van der Waals surface area contributed by atoms with Crippen LogP contribution >= 0.6 is 0 Å². The number of sulfone groups is 1. The molecule has 0 aliphatic carbocycles. The number of benzene rings is 2. The van der Waals surface area contributed by atoms with Crippen molar-refractivity contribution in [3.05, 3.63) is 70.3 Å². The number of nitro benzene ring substituents is 1. The minimum Gasteiger partial charge on any atom is -0.492 e. The summed E-state index contributed by atoms with van der Waals surface area (Å²) in [4.78, 5) is 22.5. The van der Waals surface area contributed by atoms with Crippen molar-refractivity contribution in [2.45, 2.75) is 0 Å². The van der Waals surface area contributed by atoms with Gasteiger partial charge in [-0.2, -0.15) is 0 Å². The smallest absolute Gasteiger partial charge is 0.276 e. The molecule has 0 heterocycles. The highest BCUT2D eigenvalue weighted by Gasteiger charge is 2.10. The van der Waals surface area contributed by atoms with Crippen LogP contribution in [0.5, 0.6) is 5.75 Å². The molecule has 2 aromatic rings. The molecule has 2 aromatic carbocycles. The summed E-state index contributed by atoms with van der Waals surface area (Å²) in [6.45, 7) is 0.00775. The number of ether oxygens (including phenoxy) is 1. The number of hydrogen-bond donors (Lipinski definition) is 1. The van der Waals surface area contributed by atoms with E-state index in [1.165, 1.54) is 24.3 Å². The molecular weight excluding hydrogens is 372 g/mol. The monoisotopic (exact) mass is 390 g/mol. The fourth-order valence-electron chi connectivity index (χ4n) is 2.12. The minimum atomic E-state index is -3.12. The molecule has 0 spiro atoms. The highest BCUT2D eigenvalue weighted by molar-refractivity contribution is 7.90. The number of rotatable bonds is 8. The summed E-state index contributed by atoms with van der Waals surface area (Å²) in [5.74, 6) is -0.164. The molecule has 0 aromatic heterocycles. The van der Waals surface area contributed by atoms with Crippen LogP contribution in [0.4, 0.5) is 11.4 Å². The van der Waals surface area contributed by atoms with Crippen molar-refractivity contribution in [1.29, 1.82) is 0 Å². The summed E-state index contributed by atoms with van der Waals surface area (Å²) in [6.07, 6.45) is 3.68. The number of anilines is 1. The maximum absolute atomic E-state index is 12.0.